The molecule has 36 heavy (non-hydrogen) atoms. The SMILES string of the molecule is C1=CN(c2ccccc2-c2ccccc2)C=CC1=CCc1ccc2ccc3cccc4ccc1c2c34. The summed E-state index contributed by atoms with van der Waals surface area (Å²) in [6.07, 6.45) is 12.0. The van der Waals surface area contributed by atoms with Gasteiger partial charge in [0.15, 0.2) is 0 Å². The van der Waals surface area contributed by atoms with E-state index in [4.69, 9.17) is 0 Å². The van der Waals surface area contributed by atoms with Gasteiger partial charge < -0.3 is 4.90 Å². The second kappa shape index (κ2) is 8.55. The molecule has 0 aromatic heterocycles. The fourth-order valence-electron chi connectivity index (χ4n) is 5.50. The monoisotopic (exact) mass is 459 g/mol. The van der Waals surface area contributed by atoms with Crippen LogP contribution in [0.1, 0.15) is 5.56 Å². The Morgan fingerprint density at radius 1 is 0.556 bits per heavy atom. The van der Waals surface area contributed by atoms with Gasteiger partial charge in [-0.05, 0) is 73.7 Å². The fourth-order valence-corrected chi connectivity index (χ4v) is 5.50. The third kappa shape index (κ3) is 3.49. The summed E-state index contributed by atoms with van der Waals surface area (Å²) >= 11 is 0. The second-order valence-corrected chi connectivity index (χ2v) is 9.41. The maximum Gasteiger partial charge on any atom is 0.0527 e. The molecule has 1 aliphatic rings. The van der Waals surface area contributed by atoms with Gasteiger partial charge in [0.25, 0.3) is 0 Å². The molecule has 1 aliphatic heterocycles. The summed E-state index contributed by atoms with van der Waals surface area (Å²) in [5.74, 6) is 0. The molecule has 6 aromatic carbocycles. The van der Waals surface area contributed by atoms with Crippen molar-refractivity contribution in [2.75, 3.05) is 4.90 Å². The van der Waals surface area contributed by atoms with Crippen molar-refractivity contribution in [1.29, 1.82) is 0 Å². The Hall–Kier alpha value is -4.62. The number of anilines is 1. The number of hydrogen-bond acceptors (Lipinski definition) is 1. The summed E-state index contributed by atoms with van der Waals surface area (Å²) in [4.78, 5) is 2.20. The summed E-state index contributed by atoms with van der Waals surface area (Å²) in [5, 5.41) is 8.07. The highest BCUT2D eigenvalue weighted by Crippen LogP contribution is 2.36. The number of allylic oxidation sites excluding steroid dienone is 4. The first-order valence-electron chi connectivity index (χ1n) is 12.5. The zero-order valence-electron chi connectivity index (χ0n) is 19.9. The van der Waals surface area contributed by atoms with Crippen LogP contribution in [0.5, 0.6) is 0 Å². The van der Waals surface area contributed by atoms with Crippen LogP contribution in [-0.2, 0) is 6.42 Å². The molecular formula is C35H25N. The molecule has 0 amide bonds. The van der Waals surface area contributed by atoms with Crippen LogP contribution < -0.4 is 4.90 Å². The van der Waals surface area contributed by atoms with Crippen molar-refractivity contribution in [3.05, 3.63) is 151 Å². The first kappa shape index (κ1) is 20.7. The molecule has 0 saturated carbocycles. The highest BCUT2D eigenvalue weighted by Gasteiger charge is 2.12. The summed E-state index contributed by atoms with van der Waals surface area (Å²) < 4.78 is 0. The van der Waals surface area contributed by atoms with Gasteiger partial charge in [-0.15, -0.1) is 0 Å². The van der Waals surface area contributed by atoms with E-state index < -0.39 is 0 Å². The third-order valence-electron chi connectivity index (χ3n) is 7.30. The van der Waals surface area contributed by atoms with E-state index in [1.165, 1.54) is 60.3 Å². The topological polar surface area (TPSA) is 3.24 Å². The van der Waals surface area contributed by atoms with Crippen LogP contribution >= 0.6 is 0 Å². The Morgan fingerprint density at radius 2 is 1.22 bits per heavy atom. The molecule has 170 valence electrons. The van der Waals surface area contributed by atoms with Gasteiger partial charge in [-0.2, -0.15) is 0 Å². The molecule has 1 heteroatoms. The van der Waals surface area contributed by atoms with Crippen molar-refractivity contribution >= 4 is 38.0 Å². The summed E-state index contributed by atoms with van der Waals surface area (Å²) in [5.41, 5.74) is 6.24. The maximum absolute atomic E-state index is 2.33. The molecule has 0 saturated heterocycles. The summed E-state index contributed by atoms with van der Waals surface area (Å²) in [7, 11) is 0. The van der Waals surface area contributed by atoms with E-state index >= 15 is 0 Å². The molecule has 6 aromatic rings. The molecule has 0 bridgehead atoms. The van der Waals surface area contributed by atoms with Crippen LogP contribution in [0.3, 0.4) is 0 Å². The molecule has 0 aliphatic carbocycles. The smallest absolute Gasteiger partial charge is 0.0527 e. The second-order valence-electron chi connectivity index (χ2n) is 9.41. The maximum atomic E-state index is 2.33. The Balaban J connectivity index is 1.19. The number of benzene rings is 6. The minimum atomic E-state index is 0.902. The van der Waals surface area contributed by atoms with Crippen molar-refractivity contribution in [3.8, 4) is 11.1 Å². The van der Waals surface area contributed by atoms with Crippen LogP contribution in [0.2, 0.25) is 0 Å². The van der Waals surface area contributed by atoms with Crippen LogP contribution in [0.4, 0.5) is 5.69 Å². The van der Waals surface area contributed by atoms with E-state index in [0.29, 0.717) is 0 Å². The molecule has 0 atom stereocenters. The lowest BCUT2D eigenvalue weighted by atomic mass is 9.91. The van der Waals surface area contributed by atoms with E-state index in [2.05, 4.69) is 145 Å². The van der Waals surface area contributed by atoms with Crippen LogP contribution in [0.25, 0.3) is 43.4 Å². The first-order chi connectivity index (χ1) is 17.8. The zero-order chi connectivity index (χ0) is 23.9. The minimum Gasteiger partial charge on any atom is -0.323 e. The predicted octanol–water partition coefficient (Wildman–Crippen LogP) is 9.27. The summed E-state index contributed by atoms with van der Waals surface area (Å²) in [6.45, 7) is 0. The van der Waals surface area contributed by atoms with Gasteiger partial charge in [-0.25, -0.2) is 0 Å². The molecule has 0 fully saturated rings. The van der Waals surface area contributed by atoms with Crippen LogP contribution in [0, 0.1) is 0 Å². The highest BCUT2D eigenvalue weighted by molar-refractivity contribution is 6.23. The molecule has 0 spiro atoms. The molecule has 0 radical (unpaired) electrons. The van der Waals surface area contributed by atoms with Crippen molar-refractivity contribution < 1.29 is 0 Å². The van der Waals surface area contributed by atoms with Crippen LogP contribution in [0.15, 0.2) is 145 Å². The van der Waals surface area contributed by atoms with E-state index in [1.54, 1.807) is 0 Å². The Morgan fingerprint density at radius 3 is 2.03 bits per heavy atom. The lowest BCUT2D eigenvalue weighted by Crippen LogP contribution is -2.10. The average Bonchev–Trinajstić information content (AvgIpc) is 2.96. The van der Waals surface area contributed by atoms with E-state index in [9.17, 15) is 0 Å². The van der Waals surface area contributed by atoms with Crippen molar-refractivity contribution in [2.45, 2.75) is 6.42 Å². The van der Waals surface area contributed by atoms with Gasteiger partial charge in [-0.1, -0.05) is 109 Å². The number of rotatable bonds is 4. The van der Waals surface area contributed by atoms with Gasteiger partial charge >= 0.3 is 0 Å². The molecular weight excluding hydrogens is 434 g/mol. The molecule has 0 N–H and O–H groups in total. The quantitative estimate of drug-likeness (QED) is 0.237. The van der Waals surface area contributed by atoms with E-state index in [-0.39, 0.29) is 0 Å². The Kier molecular flexibility index (Phi) is 4.92. The molecule has 1 heterocycles. The van der Waals surface area contributed by atoms with Gasteiger partial charge in [0.05, 0.1) is 5.69 Å². The Labute approximate surface area is 211 Å². The predicted molar refractivity (Wildman–Crippen MR) is 155 cm³/mol. The van der Waals surface area contributed by atoms with Gasteiger partial charge in [-0.3, -0.25) is 0 Å². The Bertz CT molecular complexity index is 1770. The summed E-state index contributed by atoms with van der Waals surface area (Å²) in [6, 6.07) is 39.3. The van der Waals surface area contributed by atoms with Gasteiger partial charge in [0.2, 0.25) is 0 Å². The largest absolute Gasteiger partial charge is 0.323 e. The molecule has 0 unspecified atom stereocenters. The van der Waals surface area contributed by atoms with Crippen molar-refractivity contribution in [3.63, 3.8) is 0 Å². The number of nitrogens with zero attached hydrogens (tertiary/aromatic N) is 1. The zero-order valence-corrected chi connectivity index (χ0v) is 19.9. The van der Waals surface area contributed by atoms with E-state index in [1.807, 2.05) is 0 Å². The first-order valence-corrected chi connectivity index (χ1v) is 12.5. The standard InChI is InChI=1S/C35H25N/c1-2-7-26(8-3-1)31-11-4-5-12-33(31)36-23-21-25(22-24-36)13-14-27-15-16-30-18-17-28-9-6-10-29-19-20-32(27)35(30)34(28)29/h1-13,15-24H,14H2. The van der Waals surface area contributed by atoms with E-state index in [0.717, 1.165) is 6.42 Å². The molecule has 7 rings (SSSR count). The lowest BCUT2D eigenvalue weighted by Gasteiger charge is -2.22. The van der Waals surface area contributed by atoms with Gasteiger partial charge in [0, 0.05) is 18.0 Å². The fraction of sp³-hybridized carbons (Fsp3) is 0.0286. The highest BCUT2D eigenvalue weighted by atomic mass is 15.1. The van der Waals surface area contributed by atoms with Crippen LogP contribution in [-0.4, -0.2) is 0 Å². The van der Waals surface area contributed by atoms with Crippen molar-refractivity contribution in [1.82, 2.24) is 0 Å². The third-order valence-corrected chi connectivity index (χ3v) is 7.30. The average molecular weight is 460 g/mol. The van der Waals surface area contributed by atoms with Crippen molar-refractivity contribution in [2.24, 2.45) is 0 Å². The molecule has 1 nitrogen and oxygen atoms in total. The van der Waals surface area contributed by atoms with Gasteiger partial charge in [0.1, 0.15) is 0 Å². The lowest BCUT2D eigenvalue weighted by molar-refractivity contribution is 1.23. The minimum absolute atomic E-state index is 0.902. The number of para-hydroxylation sites is 1. The number of hydrogen-bond donors (Lipinski definition) is 0. The normalized spacial score (nSPS) is 13.3.